The zero-order chi connectivity index (χ0) is 27.7. The smallest absolute Gasteiger partial charge is 0.338 e. The number of imide groups is 1. The van der Waals surface area contributed by atoms with E-state index in [1.165, 1.54) is 42.5 Å². The first-order valence-electron chi connectivity index (χ1n) is 12.0. The molecule has 1 aromatic heterocycles. The largest absolute Gasteiger partial charge is 0.454 e. The number of carbonyl (C=O) groups excluding carboxylic acids is 4. The Hall–Kier alpha value is -3.71. The maximum Gasteiger partial charge on any atom is 0.338 e. The molecule has 1 fully saturated rings. The Morgan fingerprint density at radius 1 is 1.10 bits per heavy atom. The van der Waals surface area contributed by atoms with Crippen molar-refractivity contribution in [3.05, 3.63) is 86.5 Å². The second-order valence-electron chi connectivity index (χ2n) is 8.96. The molecule has 196 valence electrons. The number of hydrogen-bond acceptors (Lipinski definition) is 8. The van der Waals surface area contributed by atoms with Gasteiger partial charge in [-0.1, -0.05) is 35.0 Å². The number of pyridine rings is 1. The molecule has 2 aliphatic rings. The highest BCUT2D eigenvalue weighted by atomic mass is 35.5. The Labute approximate surface area is 237 Å². The van der Waals surface area contributed by atoms with Gasteiger partial charge in [-0.25, -0.2) is 14.7 Å². The second-order valence-corrected chi connectivity index (χ2v) is 11.0. The van der Waals surface area contributed by atoms with Crippen LogP contribution in [0.15, 0.2) is 53.6 Å². The summed E-state index contributed by atoms with van der Waals surface area (Å²) in [5.41, 5.74) is 3.02. The van der Waals surface area contributed by atoms with E-state index in [1.54, 1.807) is 0 Å². The predicted octanol–water partition coefficient (Wildman–Crippen LogP) is 5.21. The summed E-state index contributed by atoms with van der Waals surface area (Å²) >= 11 is 13.0. The highest BCUT2D eigenvalue weighted by Crippen LogP contribution is 2.36. The third-order valence-electron chi connectivity index (χ3n) is 6.42. The Kier molecular flexibility index (Phi) is 7.71. The van der Waals surface area contributed by atoms with E-state index in [9.17, 15) is 24.4 Å². The number of carbonyl (C=O) groups is 4. The quantitative estimate of drug-likeness (QED) is 0.212. The van der Waals surface area contributed by atoms with Crippen molar-refractivity contribution in [3.63, 3.8) is 0 Å². The van der Waals surface area contributed by atoms with E-state index < -0.39 is 35.4 Å². The maximum absolute atomic E-state index is 13.2. The predicted molar refractivity (Wildman–Crippen MR) is 145 cm³/mol. The molecule has 2 heterocycles. The van der Waals surface area contributed by atoms with Crippen LogP contribution in [0.5, 0.6) is 0 Å². The fraction of sp³-hybridized carbons (Fsp3) is 0.214. The topological polar surface area (TPSA) is 117 Å². The van der Waals surface area contributed by atoms with E-state index in [1.807, 2.05) is 6.07 Å². The third-order valence-corrected chi connectivity index (χ3v) is 8.16. The van der Waals surface area contributed by atoms with Crippen LogP contribution in [0.4, 0.5) is 5.69 Å². The Balaban J connectivity index is 1.24. The molecule has 11 heteroatoms. The van der Waals surface area contributed by atoms with Crippen LogP contribution < -0.4 is 4.90 Å². The van der Waals surface area contributed by atoms with Gasteiger partial charge in [-0.2, -0.15) is 5.26 Å². The molecule has 0 radical (unpaired) electrons. The highest BCUT2D eigenvalue weighted by molar-refractivity contribution is 8.00. The van der Waals surface area contributed by atoms with Crippen LogP contribution in [0.2, 0.25) is 10.0 Å². The van der Waals surface area contributed by atoms with Crippen molar-refractivity contribution < 1.29 is 23.9 Å². The number of aryl methyl sites for hydroxylation is 2. The van der Waals surface area contributed by atoms with Gasteiger partial charge in [-0.15, -0.1) is 0 Å². The van der Waals surface area contributed by atoms with Crippen molar-refractivity contribution >= 4 is 64.2 Å². The number of ketones is 1. The van der Waals surface area contributed by atoms with Crippen LogP contribution in [0.1, 0.15) is 50.4 Å². The fourth-order valence-corrected chi connectivity index (χ4v) is 6.09. The standard InChI is InChI=1S/C28H19Cl2N3O5S/c29-18-6-9-20(21(30)11-18)23(34)14-38-28(37)15-4-7-19(8-5-15)33-25(35)12-24(27(33)36)39-26-17(13-31)10-16-2-1-3-22(16)32-26/h4-11,24H,1-3,12,14H2. The van der Waals surface area contributed by atoms with Gasteiger partial charge in [0.2, 0.25) is 17.6 Å². The summed E-state index contributed by atoms with van der Waals surface area (Å²) < 4.78 is 5.11. The SMILES string of the molecule is N#Cc1cc2c(nc1SC1CC(=O)N(c3ccc(C(=O)OCC(=O)c4ccc(Cl)cc4Cl)cc3)C1=O)CCC2. The van der Waals surface area contributed by atoms with E-state index in [-0.39, 0.29) is 22.6 Å². The highest BCUT2D eigenvalue weighted by Gasteiger charge is 2.41. The summed E-state index contributed by atoms with van der Waals surface area (Å²) in [6, 6.07) is 14.1. The Morgan fingerprint density at radius 2 is 1.87 bits per heavy atom. The van der Waals surface area contributed by atoms with Gasteiger partial charge in [0.05, 0.1) is 27.1 Å². The normalized spacial score (nSPS) is 16.2. The number of aromatic nitrogens is 1. The second kappa shape index (κ2) is 11.2. The van der Waals surface area contributed by atoms with Crippen LogP contribution >= 0.6 is 35.0 Å². The summed E-state index contributed by atoms with van der Waals surface area (Å²) in [4.78, 5) is 56.4. The van der Waals surface area contributed by atoms with Gasteiger partial charge >= 0.3 is 5.97 Å². The van der Waals surface area contributed by atoms with Gasteiger partial charge in [-0.05, 0) is 73.4 Å². The lowest BCUT2D eigenvalue weighted by atomic mass is 10.1. The summed E-state index contributed by atoms with van der Waals surface area (Å²) in [6.07, 6.45) is 2.65. The molecular formula is C28H19Cl2N3O5S. The van der Waals surface area contributed by atoms with E-state index in [4.69, 9.17) is 27.9 Å². The minimum atomic E-state index is -0.751. The van der Waals surface area contributed by atoms with Crippen molar-refractivity contribution in [2.24, 2.45) is 0 Å². The van der Waals surface area contributed by atoms with E-state index in [2.05, 4.69) is 11.1 Å². The van der Waals surface area contributed by atoms with Gasteiger partial charge in [0, 0.05) is 22.7 Å². The maximum atomic E-state index is 13.2. The molecule has 5 rings (SSSR count). The number of fused-ring (bicyclic) bond motifs is 1. The molecule has 2 amide bonds. The molecule has 2 aromatic carbocycles. The lowest BCUT2D eigenvalue weighted by molar-refractivity contribution is -0.121. The number of halogens is 2. The summed E-state index contributed by atoms with van der Waals surface area (Å²) in [6.45, 7) is -0.522. The number of benzene rings is 2. The molecule has 0 bridgehead atoms. The zero-order valence-corrected chi connectivity index (χ0v) is 22.6. The first-order valence-corrected chi connectivity index (χ1v) is 13.6. The molecule has 1 saturated heterocycles. The first-order chi connectivity index (χ1) is 18.7. The van der Waals surface area contributed by atoms with Crippen LogP contribution in [0.3, 0.4) is 0 Å². The lowest BCUT2D eigenvalue weighted by Gasteiger charge is -2.15. The molecule has 1 aliphatic heterocycles. The van der Waals surface area contributed by atoms with Gasteiger partial charge in [0.25, 0.3) is 0 Å². The molecule has 0 N–H and O–H groups in total. The van der Waals surface area contributed by atoms with E-state index in [0.717, 1.165) is 47.2 Å². The number of rotatable bonds is 7. The van der Waals surface area contributed by atoms with E-state index in [0.29, 0.717) is 21.3 Å². The summed E-state index contributed by atoms with van der Waals surface area (Å²) in [5, 5.41) is 9.83. The fourth-order valence-electron chi connectivity index (χ4n) is 4.48. The number of nitriles is 1. The molecule has 1 aliphatic carbocycles. The molecule has 8 nitrogen and oxygen atoms in total. The Morgan fingerprint density at radius 3 is 2.59 bits per heavy atom. The number of esters is 1. The summed E-state index contributed by atoms with van der Waals surface area (Å²) in [7, 11) is 0. The van der Waals surface area contributed by atoms with Gasteiger partial charge in [-0.3, -0.25) is 14.4 Å². The van der Waals surface area contributed by atoms with Crippen molar-refractivity contribution in [3.8, 4) is 6.07 Å². The van der Waals surface area contributed by atoms with Crippen molar-refractivity contribution in [2.45, 2.75) is 36.0 Å². The molecule has 1 unspecified atom stereocenters. The van der Waals surface area contributed by atoms with Crippen molar-refractivity contribution in [2.75, 3.05) is 11.5 Å². The van der Waals surface area contributed by atoms with Gasteiger partial charge in [0.15, 0.2) is 6.61 Å². The third kappa shape index (κ3) is 5.55. The molecule has 0 saturated carbocycles. The van der Waals surface area contributed by atoms with Crippen molar-refractivity contribution in [1.82, 2.24) is 4.98 Å². The van der Waals surface area contributed by atoms with Crippen LogP contribution in [-0.2, 0) is 27.2 Å². The Bertz CT molecular complexity index is 1570. The molecule has 1 atom stereocenters. The molecule has 39 heavy (non-hydrogen) atoms. The summed E-state index contributed by atoms with van der Waals surface area (Å²) in [5.74, 6) is -2.05. The lowest BCUT2D eigenvalue weighted by Crippen LogP contribution is -2.31. The number of anilines is 1. The number of Topliss-reactive ketones (excluding diaryl/α,β-unsaturated/α-hetero) is 1. The minimum Gasteiger partial charge on any atom is -0.454 e. The van der Waals surface area contributed by atoms with Crippen LogP contribution in [0.25, 0.3) is 0 Å². The molecule has 3 aromatic rings. The zero-order valence-electron chi connectivity index (χ0n) is 20.3. The number of amides is 2. The van der Waals surface area contributed by atoms with Crippen molar-refractivity contribution in [1.29, 1.82) is 5.26 Å². The van der Waals surface area contributed by atoms with Crippen LogP contribution in [-0.4, -0.2) is 40.4 Å². The monoisotopic (exact) mass is 579 g/mol. The molecule has 0 spiro atoms. The first kappa shape index (κ1) is 26.9. The minimum absolute atomic E-state index is 0.0354. The number of hydrogen-bond donors (Lipinski definition) is 0. The number of thioether (sulfide) groups is 1. The number of nitrogens with zero attached hydrogens (tertiary/aromatic N) is 3. The van der Waals surface area contributed by atoms with E-state index >= 15 is 0 Å². The van der Waals surface area contributed by atoms with Gasteiger partial charge in [0.1, 0.15) is 11.1 Å². The molecular weight excluding hydrogens is 561 g/mol. The number of ether oxygens (including phenoxy) is 1. The average molecular weight is 580 g/mol. The van der Waals surface area contributed by atoms with Crippen LogP contribution in [0, 0.1) is 11.3 Å². The average Bonchev–Trinajstić information content (AvgIpc) is 3.49. The van der Waals surface area contributed by atoms with Gasteiger partial charge < -0.3 is 4.74 Å².